The zero-order valence-corrected chi connectivity index (χ0v) is 12.9. The SMILES string of the molecule is CCCC1CCCC(O)(Cc2cccc(OC)c2)CC1. The molecule has 2 atom stereocenters. The minimum Gasteiger partial charge on any atom is -0.497 e. The van der Waals surface area contributed by atoms with Crippen LogP contribution in [0.1, 0.15) is 57.4 Å². The molecule has 0 aromatic heterocycles. The molecule has 1 aromatic carbocycles. The lowest BCUT2D eigenvalue weighted by atomic mass is 9.86. The van der Waals surface area contributed by atoms with Gasteiger partial charge in [0, 0.05) is 6.42 Å². The van der Waals surface area contributed by atoms with Crippen molar-refractivity contribution in [3.63, 3.8) is 0 Å². The number of methoxy groups -OCH3 is 1. The molecule has 1 saturated carbocycles. The third-order valence-electron chi connectivity index (χ3n) is 4.64. The average Bonchev–Trinajstić information content (AvgIpc) is 2.62. The Hall–Kier alpha value is -1.02. The van der Waals surface area contributed by atoms with Crippen LogP contribution in [0.5, 0.6) is 5.75 Å². The van der Waals surface area contributed by atoms with E-state index in [1.807, 2.05) is 18.2 Å². The largest absolute Gasteiger partial charge is 0.497 e. The molecule has 0 radical (unpaired) electrons. The lowest BCUT2D eigenvalue weighted by Gasteiger charge is -2.27. The van der Waals surface area contributed by atoms with Crippen LogP contribution < -0.4 is 4.74 Å². The lowest BCUT2D eigenvalue weighted by molar-refractivity contribution is 0.0241. The molecule has 0 aliphatic heterocycles. The molecule has 0 amide bonds. The van der Waals surface area contributed by atoms with E-state index in [0.29, 0.717) is 0 Å². The summed E-state index contributed by atoms with van der Waals surface area (Å²) in [5.74, 6) is 1.70. The molecule has 112 valence electrons. The fraction of sp³-hybridized carbons (Fsp3) is 0.667. The Morgan fingerprint density at radius 3 is 2.90 bits per heavy atom. The number of benzene rings is 1. The molecule has 0 saturated heterocycles. The highest BCUT2D eigenvalue weighted by Crippen LogP contribution is 2.35. The van der Waals surface area contributed by atoms with Gasteiger partial charge in [0.05, 0.1) is 12.7 Å². The van der Waals surface area contributed by atoms with Gasteiger partial charge in [-0.3, -0.25) is 0 Å². The first-order valence-corrected chi connectivity index (χ1v) is 8.00. The van der Waals surface area contributed by atoms with E-state index in [-0.39, 0.29) is 0 Å². The molecule has 2 unspecified atom stereocenters. The summed E-state index contributed by atoms with van der Waals surface area (Å²) in [6.45, 7) is 2.26. The molecular weight excluding hydrogens is 248 g/mol. The van der Waals surface area contributed by atoms with Crippen molar-refractivity contribution in [1.29, 1.82) is 0 Å². The lowest BCUT2D eigenvalue weighted by Crippen LogP contribution is -2.30. The van der Waals surface area contributed by atoms with E-state index in [2.05, 4.69) is 13.0 Å². The zero-order valence-electron chi connectivity index (χ0n) is 12.9. The van der Waals surface area contributed by atoms with Gasteiger partial charge < -0.3 is 9.84 Å². The van der Waals surface area contributed by atoms with Gasteiger partial charge in [0.15, 0.2) is 0 Å². The van der Waals surface area contributed by atoms with Crippen LogP contribution in [-0.4, -0.2) is 17.8 Å². The second-order valence-corrected chi connectivity index (χ2v) is 6.34. The highest BCUT2D eigenvalue weighted by molar-refractivity contribution is 5.29. The predicted molar refractivity (Wildman–Crippen MR) is 83.1 cm³/mol. The molecule has 0 spiro atoms. The average molecular weight is 276 g/mol. The molecule has 1 N–H and O–H groups in total. The number of hydrogen-bond donors (Lipinski definition) is 1. The Bertz CT molecular complexity index is 416. The van der Waals surface area contributed by atoms with Crippen molar-refractivity contribution in [2.75, 3.05) is 7.11 Å². The summed E-state index contributed by atoms with van der Waals surface area (Å²) >= 11 is 0. The predicted octanol–water partition coefficient (Wildman–Crippen LogP) is 4.35. The first-order chi connectivity index (χ1) is 9.65. The fourth-order valence-corrected chi connectivity index (χ4v) is 3.50. The molecule has 0 heterocycles. The van der Waals surface area contributed by atoms with E-state index < -0.39 is 5.60 Å². The summed E-state index contributed by atoms with van der Waals surface area (Å²) in [6.07, 6.45) is 8.82. The summed E-state index contributed by atoms with van der Waals surface area (Å²) in [5, 5.41) is 10.9. The quantitative estimate of drug-likeness (QED) is 0.810. The maximum absolute atomic E-state index is 10.9. The second kappa shape index (κ2) is 7.12. The molecule has 1 aromatic rings. The van der Waals surface area contributed by atoms with Crippen LogP contribution >= 0.6 is 0 Å². The van der Waals surface area contributed by atoms with Crippen molar-refractivity contribution in [3.05, 3.63) is 29.8 Å². The number of aliphatic hydroxyl groups is 1. The summed E-state index contributed by atoms with van der Waals surface area (Å²) in [4.78, 5) is 0. The van der Waals surface area contributed by atoms with Crippen molar-refractivity contribution in [2.45, 2.75) is 63.9 Å². The molecular formula is C18H28O2. The molecule has 1 aliphatic rings. The van der Waals surface area contributed by atoms with Gasteiger partial charge in [-0.2, -0.15) is 0 Å². The second-order valence-electron chi connectivity index (χ2n) is 6.34. The summed E-state index contributed by atoms with van der Waals surface area (Å²) in [6, 6.07) is 8.10. The monoisotopic (exact) mass is 276 g/mol. The number of hydrogen-bond acceptors (Lipinski definition) is 2. The minimum absolute atomic E-state index is 0.519. The van der Waals surface area contributed by atoms with Crippen molar-refractivity contribution in [1.82, 2.24) is 0 Å². The van der Waals surface area contributed by atoms with Crippen LogP contribution in [-0.2, 0) is 6.42 Å². The van der Waals surface area contributed by atoms with E-state index in [1.165, 1.54) is 31.2 Å². The molecule has 1 aliphatic carbocycles. The van der Waals surface area contributed by atoms with E-state index in [1.54, 1.807) is 7.11 Å². The molecule has 2 rings (SSSR count). The molecule has 20 heavy (non-hydrogen) atoms. The summed E-state index contributed by atoms with van der Waals surface area (Å²) < 4.78 is 5.27. The third-order valence-corrected chi connectivity index (χ3v) is 4.64. The highest BCUT2D eigenvalue weighted by atomic mass is 16.5. The van der Waals surface area contributed by atoms with E-state index in [0.717, 1.165) is 37.4 Å². The molecule has 2 nitrogen and oxygen atoms in total. The number of ether oxygens (including phenoxy) is 1. The fourth-order valence-electron chi connectivity index (χ4n) is 3.50. The van der Waals surface area contributed by atoms with E-state index in [9.17, 15) is 5.11 Å². The summed E-state index contributed by atoms with van der Waals surface area (Å²) in [7, 11) is 1.69. The standard InChI is InChI=1S/C18H28O2/c1-3-6-15-8-5-11-18(19,12-10-15)14-16-7-4-9-17(13-16)20-2/h4,7,9,13,15,19H,3,5-6,8,10-12,14H2,1-2H3. The first-order valence-electron chi connectivity index (χ1n) is 8.00. The number of rotatable bonds is 5. The van der Waals surface area contributed by atoms with Gasteiger partial charge >= 0.3 is 0 Å². The normalized spacial score (nSPS) is 27.1. The summed E-state index contributed by atoms with van der Waals surface area (Å²) in [5.41, 5.74) is 0.662. The van der Waals surface area contributed by atoms with E-state index >= 15 is 0 Å². The van der Waals surface area contributed by atoms with Crippen molar-refractivity contribution < 1.29 is 9.84 Å². The maximum Gasteiger partial charge on any atom is 0.119 e. The van der Waals surface area contributed by atoms with Gasteiger partial charge in [0.2, 0.25) is 0 Å². The third kappa shape index (κ3) is 4.24. The maximum atomic E-state index is 10.9. The van der Waals surface area contributed by atoms with Crippen molar-refractivity contribution in [2.24, 2.45) is 5.92 Å². The van der Waals surface area contributed by atoms with Crippen LogP contribution in [0.25, 0.3) is 0 Å². The van der Waals surface area contributed by atoms with Crippen LogP contribution in [0.15, 0.2) is 24.3 Å². The highest BCUT2D eigenvalue weighted by Gasteiger charge is 2.30. The molecule has 2 heteroatoms. The van der Waals surface area contributed by atoms with Gasteiger partial charge in [-0.1, -0.05) is 44.7 Å². The Morgan fingerprint density at radius 2 is 2.15 bits per heavy atom. The Morgan fingerprint density at radius 1 is 1.30 bits per heavy atom. The van der Waals surface area contributed by atoms with Crippen molar-refractivity contribution >= 4 is 0 Å². The van der Waals surface area contributed by atoms with Gasteiger partial charge in [0.25, 0.3) is 0 Å². The van der Waals surface area contributed by atoms with E-state index in [4.69, 9.17) is 4.74 Å². The Labute approximate surface area is 123 Å². The van der Waals surface area contributed by atoms with Crippen LogP contribution in [0.3, 0.4) is 0 Å². The van der Waals surface area contributed by atoms with Gasteiger partial charge in [-0.05, 0) is 42.9 Å². The van der Waals surface area contributed by atoms with Crippen LogP contribution in [0.2, 0.25) is 0 Å². The van der Waals surface area contributed by atoms with Crippen LogP contribution in [0, 0.1) is 5.92 Å². The van der Waals surface area contributed by atoms with Gasteiger partial charge in [0.1, 0.15) is 5.75 Å². The molecule has 1 fully saturated rings. The van der Waals surface area contributed by atoms with Crippen molar-refractivity contribution in [3.8, 4) is 5.75 Å². The van der Waals surface area contributed by atoms with Gasteiger partial charge in [-0.25, -0.2) is 0 Å². The zero-order chi connectivity index (χ0) is 14.4. The topological polar surface area (TPSA) is 29.5 Å². The Kier molecular flexibility index (Phi) is 5.47. The smallest absolute Gasteiger partial charge is 0.119 e. The molecule has 0 bridgehead atoms. The van der Waals surface area contributed by atoms with Gasteiger partial charge in [-0.15, -0.1) is 0 Å². The Balaban J connectivity index is 1.99. The van der Waals surface area contributed by atoms with Crippen LogP contribution in [0.4, 0.5) is 0 Å². The first kappa shape index (κ1) is 15.4. The minimum atomic E-state index is -0.519.